The maximum Gasteiger partial charge on any atom is 0.177 e. The Hall–Kier alpha value is 0.130. The van der Waals surface area contributed by atoms with Gasteiger partial charge >= 0.3 is 0 Å². The molecule has 0 aliphatic rings. The van der Waals surface area contributed by atoms with Crippen LogP contribution in [0.25, 0.3) is 0 Å². The van der Waals surface area contributed by atoms with Crippen LogP contribution >= 0.6 is 66.4 Å². The number of rotatable bonds is 3. The molecule has 18 heavy (non-hydrogen) atoms. The Kier molecular flexibility index (Phi) is 4.89. The highest BCUT2D eigenvalue weighted by atomic mass is 79.9. The van der Waals surface area contributed by atoms with Crippen molar-refractivity contribution in [1.82, 2.24) is 0 Å². The number of hydrogen-bond donors (Lipinski definition) is 0. The van der Waals surface area contributed by atoms with Gasteiger partial charge in [0.1, 0.15) is 0 Å². The summed E-state index contributed by atoms with van der Waals surface area (Å²) in [6.07, 6.45) is 0.273. The lowest BCUT2D eigenvalue weighted by molar-refractivity contribution is 0.0997. The monoisotopic (exact) mass is 426 g/mol. The van der Waals surface area contributed by atoms with Crippen LogP contribution in [0.1, 0.15) is 15.2 Å². The van der Waals surface area contributed by atoms with Crippen molar-refractivity contribution >= 4 is 72.2 Å². The molecule has 0 aliphatic carbocycles. The van der Waals surface area contributed by atoms with Gasteiger partial charge in [0.05, 0.1) is 8.66 Å². The van der Waals surface area contributed by atoms with Gasteiger partial charge in [0.25, 0.3) is 0 Å². The second-order valence-corrected chi connectivity index (χ2v) is 7.64. The lowest BCUT2D eigenvalue weighted by Crippen LogP contribution is -2.01. The molecule has 0 unspecified atom stereocenters. The number of Topliss-reactive ketones (excluding diaryl/α,β-unsaturated/α-hetero) is 1. The Morgan fingerprint density at radius 3 is 2.50 bits per heavy atom. The molecule has 0 aliphatic heterocycles. The maximum atomic E-state index is 12.1. The zero-order valence-corrected chi connectivity index (χ0v) is 14.3. The van der Waals surface area contributed by atoms with Crippen LogP contribution < -0.4 is 0 Å². The first-order chi connectivity index (χ1) is 8.47. The van der Waals surface area contributed by atoms with Crippen molar-refractivity contribution in [3.05, 3.63) is 53.0 Å². The smallest absolute Gasteiger partial charge is 0.177 e. The zero-order chi connectivity index (χ0) is 13.3. The summed E-state index contributed by atoms with van der Waals surface area (Å²) in [7, 11) is 0. The summed E-state index contributed by atoms with van der Waals surface area (Å²) in [5, 5.41) is 1.09. The van der Waals surface area contributed by atoms with Crippen LogP contribution in [0.4, 0.5) is 0 Å². The van der Waals surface area contributed by atoms with Gasteiger partial charge in [0.15, 0.2) is 5.78 Å². The fourth-order valence-corrected chi connectivity index (χ4v) is 3.86. The number of benzene rings is 1. The summed E-state index contributed by atoms with van der Waals surface area (Å²) in [4.78, 5) is 12.8. The molecule has 0 saturated heterocycles. The fourth-order valence-electron chi connectivity index (χ4n) is 1.41. The Balaban J connectivity index is 2.21. The van der Waals surface area contributed by atoms with E-state index in [1.807, 2.05) is 0 Å². The number of carbonyl (C=O) groups is 1. The summed E-state index contributed by atoms with van der Waals surface area (Å²) < 4.78 is 1.80. The molecule has 0 fully saturated rings. The highest BCUT2D eigenvalue weighted by molar-refractivity contribution is 9.13. The summed E-state index contributed by atoms with van der Waals surface area (Å²) in [5.74, 6) is 0.0376. The average Bonchev–Trinajstić information content (AvgIpc) is 2.63. The highest BCUT2D eigenvalue weighted by Gasteiger charge is 2.14. The van der Waals surface area contributed by atoms with Crippen LogP contribution in [0.3, 0.4) is 0 Å². The number of thiophene rings is 1. The second kappa shape index (κ2) is 6.06. The predicted molar refractivity (Wildman–Crippen MR) is 84.2 cm³/mol. The predicted octanol–water partition coefficient (Wildman–Crippen LogP) is 6.01. The summed E-state index contributed by atoms with van der Waals surface area (Å²) in [6, 6.07) is 6.96. The first-order valence-corrected chi connectivity index (χ1v) is 8.05. The minimum absolute atomic E-state index is 0.0376. The Morgan fingerprint density at radius 1 is 1.22 bits per heavy atom. The Morgan fingerprint density at radius 2 is 1.94 bits per heavy atom. The summed E-state index contributed by atoms with van der Waals surface area (Å²) in [5.41, 5.74) is 0.784. The summed E-state index contributed by atoms with van der Waals surface area (Å²) in [6.45, 7) is 0. The normalized spacial score (nSPS) is 10.7. The van der Waals surface area contributed by atoms with Gasteiger partial charge in [-0.2, -0.15) is 0 Å². The van der Waals surface area contributed by atoms with E-state index in [0.29, 0.717) is 14.9 Å². The molecule has 0 saturated carbocycles. The van der Waals surface area contributed by atoms with Gasteiger partial charge in [-0.1, -0.05) is 29.3 Å². The van der Waals surface area contributed by atoms with E-state index in [1.54, 1.807) is 24.3 Å². The van der Waals surface area contributed by atoms with E-state index in [1.165, 1.54) is 11.3 Å². The Bertz CT molecular complexity index is 591. The molecule has 0 spiro atoms. The minimum Gasteiger partial charge on any atom is -0.293 e. The van der Waals surface area contributed by atoms with E-state index < -0.39 is 0 Å². The molecule has 1 heterocycles. The van der Waals surface area contributed by atoms with Crippen molar-refractivity contribution < 1.29 is 4.79 Å². The molecule has 1 aromatic heterocycles. The molecular formula is C12H6Br2Cl2OS. The van der Waals surface area contributed by atoms with Crippen LogP contribution in [0.5, 0.6) is 0 Å². The van der Waals surface area contributed by atoms with Gasteiger partial charge in [0, 0.05) is 20.9 Å². The fraction of sp³-hybridized carbons (Fsp3) is 0.0833. The number of hydrogen-bond acceptors (Lipinski definition) is 2. The maximum absolute atomic E-state index is 12.1. The van der Waals surface area contributed by atoms with Crippen molar-refractivity contribution in [3.8, 4) is 0 Å². The van der Waals surface area contributed by atoms with Crippen molar-refractivity contribution in [2.24, 2.45) is 0 Å². The number of ketones is 1. The van der Waals surface area contributed by atoms with Gasteiger partial charge < -0.3 is 0 Å². The van der Waals surface area contributed by atoms with E-state index in [-0.39, 0.29) is 12.2 Å². The number of halogens is 4. The third-order valence-electron chi connectivity index (χ3n) is 2.29. The summed E-state index contributed by atoms with van der Waals surface area (Å²) >= 11 is 20.0. The minimum atomic E-state index is 0.0376. The quantitative estimate of drug-likeness (QED) is 0.547. The molecule has 94 valence electrons. The SMILES string of the molecule is O=C(Cc1ccc(Cl)cc1Cl)c1cc(Br)c(Br)s1. The van der Waals surface area contributed by atoms with E-state index in [2.05, 4.69) is 31.9 Å². The largest absolute Gasteiger partial charge is 0.293 e. The first kappa shape index (κ1) is 14.5. The van der Waals surface area contributed by atoms with E-state index in [4.69, 9.17) is 23.2 Å². The van der Waals surface area contributed by atoms with E-state index in [0.717, 1.165) is 13.8 Å². The van der Waals surface area contributed by atoms with Gasteiger partial charge in [-0.15, -0.1) is 11.3 Å². The first-order valence-electron chi connectivity index (χ1n) is 4.89. The molecule has 1 nitrogen and oxygen atoms in total. The topological polar surface area (TPSA) is 17.1 Å². The zero-order valence-electron chi connectivity index (χ0n) is 8.84. The van der Waals surface area contributed by atoms with Crippen LogP contribution in [0.2, 0.25) is 10.0 Å². The Labute approximate surface area is 135 Å². The second-order valence-electron chi connectivity index (χ2n) is 3.57. The van der Waals surface area contributed by atoms with E-state index in [9.17, 15) is 4.79 Å². The standard InChI is InChI=1S/C12H6Br2Cl2OS/c13-8-5-11(18-12(8)14)10(17)3-6-1-2-7(15)4-9(6)16/h1-2,4-5H,3H2. The molecule has 2 aromatic rings. The highest BCUT2D eigenvalue weighted by Crippen LogP contribution is 2.33. The lowest BCUT2D eigenvalue weighted by Gasteiger charge is -2.02. The van der Waals surface area contributed by atoms with E-state index >= 15 is 0 Å². The van der Waals surface area contributed by atoms with Gasteiger partial charge in [-0.3, -0.25) is 4.79 Å². The van der Waals surface area contributed by atoms with Crippen molar-refractivity contribution in [1.29, 1.82) is 0 Å². The average molecular weight is 429 g/mol. The van der Waals surface area contributed by atoms with Crippen molar-refractivity contribution in [2.45, 2.75) is 6.42 Å². The molecule has 0 atom stereocenters. The van der Waals surface area contributed by atoms with Crippen LogP contribution in [0.15, 0.2) is 32.5 Å². The third-order valence-corrected chi connectivity index (χ3v) is 6.17. The van der Waals surface area contributed by atoms with Gasteiger partial charge in [-0.25, -0.2) is 0 Å². The van der Waals surface area contributed by atoms with Crippen LogP contribution in [-0.2, 0) is 6.42 Å². The molecule has 0 N–H and O–H groups in total. The molecule has 6 heteroatoms. The molecule has 2 rings (SSSR count). The van der Waals surface area contributed by atoms with Gasteiger partial charge in [0.2, 0.25) is 0 Å². The van der Waals surface area contributed by atoms with Crippen molar-refractivity contribution in [2.75, 3.05) is 0 Å². The molecule has 0 bridgehead atoms. The number of carbonyl (C=O) groups excluding carboxylic acids is 1. The van der Waals surface area contributed by atoms with Crippen LogP contribution in [-0.4, -0.2) is 5.78 Å². The third kappa shape index (κ3) is 3.36. The molecule has 1 aromatic carbocycles. The molecule has 0 radical (unpaired) electrons. The lowest BCUT2D eigenvalue weighted by atomic mass is 10.1. The van der Waals surface area contributed by atoms with Crippen molar-refractivity contribution in [3.63, 3.8) is 0 Å². The molecular weight excluding hydrogens is 423 g/mol. The molecule has 0 amide bonds. The van der Waals surface area contributed by atoms with Gasteiger partial charge in [-0.05, 0) is 55.6 Å². The van der Waals surface area contributed by atoms with Crippen LogP contribution in [0, 0.1) is 0 Å².